The van der Waals surface area contributed by atoms with E-state index in [1.54, 1.807) is 30.0 Å². The van der Waals surface area contributed by atoms with Crippen LogP contribution in [0.15, 0.2) is 24.8 Å². The van der Waals surface area contributed by atoms with Gasteiger partial charge in [-0.15, -0.1) is 0 Å². The van der Waals surface area contributed by atoms with Gasteiger partial charge in [0.05, 0.1) is 35.6 Å². The monoisotopic (exact) mass is 466 g/mol. The number of halogens is 2. The summed E-state index contributed by atoms with van der Waals surface area (Å²) in [6.07, 6.45) is 3.74. The Kier molecular flexibility index (Phi) is 7.53. The summed E-state index contributed by atoms with van der Waals surface area (Å²) in [4.78, 5) is 24.2. The van der Waals surface area contributed by atoms with E-state index in [2.05, 4.69) is 15.0 Å². The molecule has 0 aliphatic carbocycles. The lowest BCUT2D eigenvalue weighted by Gasteiger charge is -2.20. The van der Waals surface area contributed by atoms with E-state index < -0.39 is 12.0 Å². The van der Waals surface area contributed by atoms with Crippen molar-refractivity contribution in [1.29, 1.82) is 0 Å². The predicted molar refractivity (Wildman–Crippen MR) is 119 cm³/mol. The van der Waals surface area contributed by atoms with Crippen LogP contribution in [-0.4, -0.2) is 44.2 Å². The first-order valence-electron chi connectivity index (χ1n) is 9.78. The van der Waals surface area contributed by atoms with Gasteiger partial charge in [0.25, 0.3) is 0 Å². The van der Waals surface area contributed by atoms with Crippen LogP contribution in [-0.2, 0) is 16.1 Å². The van der Waals surface area contributed by atoms with Crippen molar-refractivity contribution in [3.05, 3.63) is 40.4 Å². The highest BCUT2D eigenvalue weighted by Gasteiger charge is 2.19. The number of rotatable bonds is 9. The molecule has 3 rings (SSSR count). The van der Waals surface area contributed by atoms with Gasteiger partial charge >= 0.3 is 5.97 Å². The molecular weight excluding hydrogens is 443 g/mol. The molecule has 0 saturated heterocycles. The van der Waals surface area contributed by atoms with Gasteiger partial charge in [-0.3, -0.25) is 4.79 Å². The summed E-state index contributed by atoms with van der Waals surface area (Å²) in [5.41, 5.74) is 13.5. The molecule has 3 aromatic rings. The summed E-state index contributed by atoms with van der Waals surface area (Å²) >= 11 is 12.7. The minimum atomic E-state index is -0.693. The lowest BCUT2D eigenvalue weighted by Crippen LogP contribution is -2.33. The smallest absolute Gasteiger partial charge is 0.322 e. The maximum absolute atomic E-state index is 11.7. The quantitative estimate of drug-likeness (QED) is 0.459. The molecule has 9 nitrogen and oxygen atoms in total. The van der Waals surface area contributed by atoms with Crippen LogP contribution in [0.25, 0.3) is 11.2 Å². The van der Waals surface area contributed by atoms with E-state index >= 15 is 0 Å². The summed E-state index contributed by atoms with van der Waals surface area (Å²) in [5.74, 6) is 0.442. The Morgan fingerprint density at radius 1 is 1.23 bits per heavy atom. The average molecular weight is 467 g/mol. The summed E-state index contributed by atoms with van der Waals surface area (Å²) in [5, 5.41) is 0.776. The minimum absolute atomic E-state index is 0.228. The number of imidazole rings is 1. The fourth-order valence-electron chi connectivity index (χ4n) is 3.07. The van der Waals surface area contributed by atoms with E-state index in [0.29, 0.717) is 64.3 Å². The number of hydrogen-bond donors (Lipinski definition) is 2. The number of aromatic nitrogens is 4. The van der Waals surface area contributed by atoms with Crippen LogP contribution in [0.5, 0.6) is 5.75 Å². The second-order valence-corrected chi connectivity index (χ2v) is 7.79. The van der Waals surface area contributed by atoms with Gasteiger partial charge < -0.3 is 25.5 Å². The molecule has 0 bridgehead atoms. The molecule has 0 aliphatic rings. The Bertz CT molecular complexity index is 1070. The first-order valence-corrected chi connectivity index (χ1v) is 10.5. The molecule has 0 radical (unpaired) electrons. The predicted octanol–water partition coefficient (Wildman–Crippen LogP) is 3.20. The van der Waals surface area contributed by atoms with Gasteiger partial charge in [0, 0.05) is 5.56 Å². The molecule has 1 aromatic carbocycles. The van der Waals surface area contributed by atoms with Crippen LogP contribution in [0.4, 0.5) is 5.82 Å². The minimum Gasteiger partial charge on any atom is -0.490 e. The second-order valence-electron chi connectivity index (χ2n) is 7.01. The molecule has 0 saturated carbocycles. The van der Waals surface area contributed by atoms with E-state index in [0.717, 1.165) is 0 Å². The third-order valence-corrected chi connectivity index (χ3v) is 5.56. The van der Waals surface area contributed by atoms with Crippen molar-refractivity contribution in [3.63, 3.8) is 0 Å². The SMILES string of the molecule is CCOC(=O)[C@H](N)CCC(C)Oc1ccc(Cl)c(Cl)c1Cn1cnc2c(N)ncnc21. The number of fused-ring (bicyclic) bond motifs is 1. The van der Waals surface area contributed by atoms with Gasteiger partial charge in [-0.05, 0) is 38.8 Å². The van der Waals surface area contributed by atoms with Gasteiger partial charge in [0.1, 0.15) is 23.6 Å². The highest BCUT2D eigenvalue weighted by molar-refractivity contribution is 6.42. The van der Waals surface area contributed by atoms with Gasteiger partial charge in [-0.1, -0.05) is 23.2 Å². The van der Waals surface area contributed by atoms with E-state index in [1.165, 1.54) is 6.33 Å². The molecule has 2 heterocycles. The Morgan fingerprint density at radius 2 is 2.00 bits per heavy atom. The van der Waals surface area contributed by atoms with Crippen LogP contribution in [0.3, 0.4) is 0 Å². The third kappa shape index (κ3) is 5.36. The Labute approximate surface area is 189 Å². The van der Waals surface area contributed by atoms with Crippen LogP contribution in [0.2, 0.25) is 10.0 Å². The number of benzene rings is 1. The third-order valence-electron chi connectivity index (χ3n) is 4.71. The van der Waals surface area contributed by atoms with E-state index in [4.69, 9.17) is 44.1 Å². The summed E-state index contributed by atoms with van der Waals surface area (Å²) < 4.78 is 12.8. The zero-order chi connectivity index (χ0) is 22.5. The molecular formula is C20H24Cl2N6O3. The number of carbonyl (C=O) groups is 1. The van der Waals surface area contributed by atoms with Crippen molar-refractivity contribution in [3.8, 4) is 5.75 Å². The lowest BCUT2D eigenvalue weighted by molar-refractivity contribution is -0.144. The molecule has 166 valence electrons. The van der Waals surface area contributed by atoms with E-state index in [-0.39, 0.29) is 6.10 Å². The van der Waals surface area contributed by atoms with Crippen molar-refractivity contribution in [1.82, 2.24) is 19.5 Å². The van der Waals surface area contributed by atoms with Crippen LogP contribution in [0.1, 0.15) is 32.3 Å². The highest BCUT2D eigenvalue weighted by atomic mass is 35.5. The fourth-order valence-corrected chi connectivity index (χ4v) is 3.47. The number of esters is 1. The van der Waals surface area contributed by atoms with Crippen molar-refractivity contribution < 1.29 is 14.3 Å². The zero-order valence-electron chi connectivity index (χ0n) is 17.2. The number of ether oxygens (including phenoxy) is 2. The van der Waals surface area contributed by atoms with E-state index in [9.17, 15) is 4.79 Å². The Morgan fingerprint density at radius 3 is 2.74 bits per heavy atom. The molecule has 0 spiro atoms. The number of hydrogen-bond acceptors (Lipinski definition) is 8. The molecule has 0 fully saturated rings. The summed E-state index contributed by atoms with van der Waals surface area (Å²) in [6, 6.07) is 2.74. The fraction of sp³-hybridized carbons (Fsp3) is 0.400. The molecule has 31 heavy (non-hydrogen) atoms. The van der Waals surface area contributed by atoms with Crippen LogP contribution in [0, 0.1) is 0 Å². The number of anilines is 1. The first kappa shape index (κ1) is 23.1. The largest absolute Gasteiger partial charge is 0.490 e. The van der Waals surface area contributed by atoms with Crippen LogP contribution < -0.4 is 16.2 Å². The van der Waals surface area contributed by atoms with Gasteiger partial charge in [0.2, 0.25) is 0 Å². The molecule has 0 amide bonds. The van der Waals surface area contributed by atoms with E-state index in [1.807, 2.05) is 6.92 Å². The second kappa shape index (κ2) is 10.1. The van der Waals surface area contributed by atoms with Crippen LogP contribution >= 0.6 is 23.2 Å². The van der Waals surface area contributed by atoms with Crippen molar-refractivity contribution >= 4 is 46.2 Å². The molecule has 1 unspecified atom stereocenters. The molecule has 0 aliphatic heterocycles. The van der Waals surface area contributed by atoms with Crippen molar-refractivity contribution in [2.24, 2.45) is 5.73 Å². The lowest BCUT2D eigenvalue weighted by atomic mass is 10.1. The topological polar surface area (TPSA) is 131 Å². The average Bonchev–Trinajstić information content (AvgIpc) is 3.16. The Balaban J connectivity index is 1.78. The van der Waals surface area contributed by atoms with Gasteiger partial charge in [-0.25, -0.2) is 15.0 Å². The maximum Gasteiger partial charge on any atom is 0.322 e. The number of nitrogens with zero attached hydrogens (tertiary/aromatic N) is 4. The van der Waals surface area contributed by atoms with Gasteiger partial charge in [0.15, 0.2) is 11.5 Å². The normalized spacial score (nSPS) is 13.2. The zero-order valence-corrected chi connectivity index (χ0v) is 18.7. The maximum atomic E-state index is 11.7. The molecule has 4 N–H and O–H groups in total. The molecule has 2 aromatic heterocycles. The van der Waals surface area contributed by atoms with Crippen molar-refractivity contribution in [2.75, 3.05) is 12.3 Å². The summed E-state index contributed by atoms with van der Waals surface area (Å²) in [6.45, 7) is 4.25. The van der Waals surface area contributed by atoms with Crippen molar-refractivity contribution in [2.45, 2.75) is 45.4 Å². The summed E-state index contributed by atoms with van der Waals surface area (Å²) in [7, 11) is 0. The Hall–Kier alpha value is -2.62. The molecule has 2 atom stereocenters. The number of nitrogen functional groups attached to an aromatic ring is 1. The first-order chi connectivity index (χ1) is 14.8. The molecule has 11 heteroatoms. The number of nitrogens with two attached hydrogens (primary N) is 2. The number of carbonyl (C=O) groups excluding carboxylic acids is 1. The standard InChI is InChI=1S/C20H24Cl2N6O3/c1-3-30-20(29)14(23)6-4-11(2)31-15-7-5-13(21)16(22)12(15)8-28-10-27-17-18(24)25-9-26-19(17)28/h5,7,9-11,14H,3-4,6,8,23H2,1-2H3,(H2,24,25,26)/t11?,14-/m1/s1. The van der Waals surface area contributed by atoms with Gasteiger partial charge in [-0.2, -0.15) is 0 Å². The highest BCUT2D eigenvalue weighted by Crippen LogP contribution is 2.35.